The molecule has 0 fully saturated rings. The molecule has 0 aliphatic carbocycles. The zero-order valence-corrected chi connectivity index (χ0v) is 11.7. The number of rotatable bonds is 3. The molecule has 0 unspecified atom stereocenters. The lowest BCUT2D eigenvalue weighted by molar-refractivity contribution is 0.0935. The number of nitrogens with zero attached hydrogens (tertiary/aromatic N) is 2. The van der Waals surface area contributed by atoms with E-state index in [1.807, 2.05) is 6.07 Å². The molecular formula is C10H9Br2N3O. The number of aromatic nitrogens is 1. The fourth-order valence-electron chi connectivity index (χ4n) is 1.06. The van der Waals surface area contributed by atoms with Gasteiger partial charge >= 0.3 is 0 Å². The number of nitriles is 1. The molecule has 1 aromatic rings. The number of pyridine rings is 1. The molecule has 0 radical (unpaired) electrons. The van der Waals surface area contributed by atoms with Crippen LogP contribution in [0.1, 0.15) is 23.8 Å². The van der Waals surface area contributed by atoms with Crippen LogP contribution in [0.2, 0.25) is 0 Å². The summed E-state index contributed by atoms with van der Waals surface area (Å²) < 4.78 is 1.41. The predicted octanol–water partition coefficient (Wildman–Crippen LogP) is 2.64. The molecule has 0 saturated heterocycles. The minimum absolute atomic E-state index is 0.185. The van der Waals surface area contributed by atoms with Crippen LogP contribution in [0.15, 0.2) is 21.2 Å². The Morgan fingerprint density at radius 3 is 2.94 bits per heavy atom. The number of nitrogens with one attached hydrogen (secondary N) is 1. The van der Waals surface area contributed by atoms with Crippen LogP contribution in [0.5, 0.6) is 0 Å². The Morgan fingerprint density at radius 2 is 2.38 bits per heavy atom. The molecule has 0 bridgehead atoms. The van der Waals surface area contributed by atoms with Crippen molar-refractivity contribution in [3.8, 4) is 6.07 Å². The summed E-state index contributed by atoms with van der Waals surface area (Å²) in [4.78, 5) is 15.7. The molecule has 0 spiro atoms. The first-order chi connectivity index (χ1) is 7.54. The molecule has 1 atom stereocenters. The van der Waals surface area contributed by atoms with Gasteiger partial charge in [-0.25, -0.2) is 4.98 Å². The maximum absolute atomic E-state index is 11.7. The molecule has 1 heterocycles. The van der Waals surface area contributed by atoms with Gasteiger partial charge < -0.3 is 5.32 Å². The van der Waals surface area contributed by atoms with Crippen LogP contribution in [-0.4, -0.2) is 16.9 Å². The van der Waals surface area contributed by atoms with Crippen LogP contribution in [0.3, 0.4) is 0 Å². The minimum atomic E-state index is -0.290. The van der Waals surface area contributed by atoms with Gasteiger partial charge in [0.15, 0.2) is 0 Å². The highest BCUT2D eigenvalue weighted by atomic mass is 79.9. The maximum Gasteiger partial charge on any atom is 0.271 e. The fraction of sp³-hybridized carbons (Fsp3) is 0.300. The van der Waals surface area contributed by atoms with Crippen molar-refractivity contribution in [3.63, 3.8) is 0 Å². The molecule has 0 aliphatic heterocycles. The van der Waals surface area contributed by atoms with Crippen molar-refractivity contribution in [2.45, 2.75) is 19.4 Å². The molecule has 0 aromatic carbocycles. The maximum atomic E-state index is 11.7. The van der Waals surface area contributed by atoms with E-state index in [9.17, 15) is 4.79 Å². The average molecular weight is 347 g/mol. The van der Waals surface area contributed by atoms with Gasteiger partial charge in [-0.2, -0.15) is 5.26 Å². The zero-order valence-electron chi connectivity index (χ0n) is 8.50. The van der Waals surface area contributed by atoms with Gasteiger partial charge in [0, 0.05) is 16.7 Å². The third-order valence-corrected chi connectivity index (χ3v) is 2.84. The Morgan fingerprint density at radius 1 is 1.69 bits per heavy atom. The monoisotopic (exact) mass is 345 g/mol. The van der Waals surface area contributed by atoms with E-state index in [-0.39, 0.29) is 18.4 Å². The van der Waals surface area contributed by atoms with E-state index in [1.165, 1.54) is 0 Å². The van der Waals surface area contributed by atoms with E-state index >= 15 is 0 Å². The summed E-state index contributed by atoms with van der Waals surface area (Å²) in [6.45, 7) is 1.77. The highest BCUT2D eigenvalue weighted by Gasteiger charge is 2.14. The molecule has 16 heavy (non-hydrogen) atoms. The minimum Gasteiger partial charge on any atom is -0.347 e. The summed E-state index contributed by atoms with van der Waals surface area (Å²) in [5.41, 5.74) is 0.313. The highest BCUT2D eigenvalue weighted by Crippen LogP contribution is 2.19. The Bertz CT molecular complexity index is 442. The quantitative estimate of drug-likeness (QED) is 0.914. The first kappa shape index (κ1) is 13.1. The summed E-state index contributed by atoms with van der Waals surface area (Å²) in [6.07, 6.45) is 1.83. The van der Waals surface area contributed by atoms with E-state index in [2.05, 4.69) is 42.2 Å². The molecule has 1 amide bonds. The van der Waals surface area contributed by atoms with Crippen LogP contribution in [0.4, 0.5) is 0 Å². The van der Waals surface area contributed by atoms with Gasteiger partial charge in [0.1, 0.15) is 5.69 Å². The van der Waals surface area contributed by atoms with Crippen molar-refractivity contribution in [2.24, 2.45) is 0 Å². The topological polar surface area (TPSA) is 65.8 Å². The van der Waals surface area contributed by atoms with Crippen LogP contribution < -0.4 is 5.32 Å². The van der Waals surface area contributed by atoms with Crippen LogP contribution in [0, 0.1) is 11.3 Å². The lowest BCUT2D eigenvalue weighted by Gasteiger charge is -2.10. The third kappa shape index (κ3) is 3.58. The third-order valence-electron chi connectivity index (χ3n) is 1.80. The number of amides is 1. The molecule has 1 N–H and O–H groups in total. The van der Waals surface area contributed by atoms with Crippen LogP contribution in [0.25, 0.3) is 0 Å². The van der Waals surface area contributed by atoms with Crippen LogP contribution >= 0.6 is 31.9 Å². The number of carbonyl (C=O) groups excluding carboxylic acids is 1. The second-order valence-electron chi connectivity index (χ2n) is 3.22. The number of carbonyl (C=O) groups is 1. The standard InChI is InChI=1S/C10H9Br2N3O/c1-6(2-3-13)15-10(16)9-8(12)4-7(11)5-14-9/h4-6H,2H2,1H3,(H,15,16)/t6-/m0/s1. The summed E-state index contributed by atoms with van der Waals surface area (Å²) in [7, 11) is 0. The molecule has 84 valence electrons. The van der Waals surface area contributed by atoms with Gasteiger partial charge in [-0.3, -0.25) is 4.79 Å². The van der Waals surface area contributed by atoms with E-state index in [4.69, 9.17) is 5.26 Å². The first-order valence-electron chi connectivity index (χ1n) is 4.53. The second kappa shape index (κ2) is 5.97. The smallest absolute Gasteiger partial charge is 0.271 e. The zero-order chi connectivity index (χ0) is 12.1. The SMILES string of the molecule is C[C@@H](CC#N)NC(=O)c1ncc(Br)cc1Br. The average Bonchev–Trinajstić information content (AvgIpc) is 2.17. The molecule has 1 aromatic heterocycles. The van der Waals surface area contributed by atoms with E-state index < -0.39 is 0 Å². The summed E-state index contributed by atoms with van der Waals surface area (Å²) in [5, 5.41) is 11.2. The van der Waals surface area contributed by atoms with Crippen molar-refractivity contribution < 1.29 is 4.79 Å². The highest BCUT2D eigenvalue weighted by molar-refractivity contribution is 9.11. The number of hydrogen-bond donors (Lipinski definition) is 1. The first-order valence-corrected chi connectivity index (χ1v) is 6.12. The molecule has 6 heteroatoms. The Hall–Kier alpha value is -0.930. The largest absolute Gasteiger partial charge is 0.347 e. The predicted molar refractivity (Wildman–Crippen MR) is 66.8 cm³/mol. The molecule has 0 saturated carbocycles. The molecule has 4 nitrogen and oxygen atoms in total. The summed E-state index contributed by atoms with van der Waals surface area (Å²) in [5.74, 6) is -0.290. The van der Waals surface area contributed by atoms with Crippen LogP contribution in [-0.2, 0) is 0 Å². The van der Waals surface area contributed by atoms with Gasteiger partial charge in [0.25, 0.3) is 5.91 Å². The van der Waals surface area contributed by atoms with Crippen molar-refractivity contribution >= 4 is 37.8 Å². The Kier molecular flexibility index (Phi) is 4.90. The van der Waals surface area contributed by atoms with E-state index in [1.54, 1.807) is 19.2 Å². The van der Waals surface area contributed by atoms with Gasteiger partial charge in [-0.05, 0) is 44.8 Å². The lowest BCUT2D eigenvalue weighted by Crippen LogP contribution is -2.33. The van der Waals surface area contributed by atoms with Gasteiger partial charge in [0.2, 0.25) is 0 Å². The van der Waals surface area contributed by atoms with E-state index in [0.29, 0.717) is 10.2 Å². The second-order valence-corrected chi connectivity index (χ2v) is 4.99. The van der Waals surface area contributed by atoms with Gasteiger partial charge in [-0.1, -0.05) is 0 Å². The van der Waals surface area contributed by atoms with Crippen molar-refractivity contribution in [3.05, 3.63) is 26.9 Å². The molecule has 0 aliphatic rings. The van der Waals surface area contributed by atoms with Gasteiger partial charge in [-0.15, -0.1) is 0 Å². The van der Waals surface area contributed by atoms with Crippen molar-refractivity contribution in [2.75, 3.05) is 0 Å². The number of hydrogen-bond acceptors (Lipinski definition) is 3. The molecule has 1 rings (SSSR count). The van der Waals surface area contributed by atoms with Crippen molar-refractivity contribution in [1.82, 2.24) is 10.3 Å². The fourth-order valence-corrected chi connectivity index (χ4v) is 2.23. The normalized spacial score (nSPS) is 11.6. The lowest BCUT2D eigenvalue weighted by atomic mass is 10.2. The van der Waals surface area contributed by atoms with Crippen molar-refractivity contribution in [1.29, 1.82) is 5.26 Å². The molecular weight excluding hydrogens is 338 g/mol. The summed E-state index contributed by atoms with van der Waals surface area (Å²) >= 11 is 6.51. The Labute approximate surface area is 110 Å². The van der Waals surface area contributed by atoms with E-state index in [0.717, 1.165) is 4.47 Å². The van der Waals surface area contributed by atoms with Gasteiger partial charge in [0.05, 0.1) is 17.0 Å². The summed E-state index contributed by atoms with van der Waals surface area (Å²) in [6, 6.07) is 3.56. The number of halogens is 2. The Balaban J connectivity index is 2.78.